The Morgan fingerprint density at radius 1 is 0.824 bits per heavy atom. The first-order chi connectivity index (χ1) is 8.11. The second-order valence-electron chi connectivity index (χ2n) is 4.09. The van der Waals surface area contributed by atoms with Gasteiger partial charge in [0, 0.05) is 25.5 Å². The molecule has 0 aliphatic carbocycles. The number of nitrogen functional groups attached to an aromatic ring is 1. The molecule has 0 saturated heterocycles. The second kappa shape index (κ2) is 6.59. The van der Waals surface area contributed by atoms with Crippen molar-refractivity contribution in [3.63, 3.8) is 0 Å². The van der Waals surface area contributed by atoms with Crippen LogP contribution in [-0.2, 0) is 0 Å². The quantitative estimate of drug-likeness (QED) is 0.759. The first kappa shape index (κ1) is 13.1. The summed E-state index contributed by atoms with van der Waals surface area (Å²) in [5.74, 6) is 0. The van der Waals surface area contributed by atoms with Crippen LogP contribution in [0.5, 0.6) is 0 Å². The number of benzene rings is 2. The van der Waals surface area contributed by atoms with Gasteiger partial charge in [0.15, 0.2) is 0 Å². The lowest BCUT2D eigenvalue weighted by Gasteiger charge is -2.10. The number of hydrogen-bond donors (Lipinski definition) is 1. The predicted molar refractivity (Wildman–Crippen MR) is 76.4 cm³/mol. The number of nitrogens with two attached hydrogens (primary N) is 1. The normalized spacial score (nSPS) is 9.12. The topological polar surface area (TPSA) is 29.3 Å². The molecule has 0 saturated carbocycles. The predicted octanol–water partition coefficient (Wildman–Crippen LogP) is 3.33. The molecule has 2 rings (SSSR count). The van der Waals surface area contributed by atoms with Gasteiger partial charge in [0.2, 0.25) is 0 Å². The van der Waals surface area contributed by atoms with Gasteiger partial charge >= 0.3 is 0 Å². The van der Waals surface area contributed by atoms with E-state index in [1.54, 1.807) is 0 Å². The van der Waals surface area contributed by atoms with Crippen molar-refractivity contribution < 1.29 is 0 Å². The van der Waals surface area contributed by atoms with Gasteiger partial charge in [0.25, 0.3) is 0 Å². The minimum Gasteiger partial charge on any atom is -0.399 e. The molecule has 0 bridgehead atoms. The van der Waals surface area contributed by atoms with E-state index in [9.17, 15) is 0 Å². The smallest absolute Gasteiger partial charge is 0.0360 e. The average Bonchev–Trinajstić information content (AvgIpc) is 2.35. The summed E-state index contributed by atoms with van der Waals surface area (Å²) >= 11 is 0. The first-order valence-corrected chi connectivity index (χ1v) is 5.64. The van der Waals surface area contributed by atoms with Crippen LogP contribution in [0.3, 0.4) is 0 Å². The molecule has 0 amide bonds. The Hall–Kier alpha value is -1.96. The summed E-state index contributed by atoms with van der Waals surface area (Å²) in [5.41, 5.74) is 8.78. The summed E-state index contributed by atoms with van der Waals surface area (Å²) in [5, 5.41) is 0. The molecule has 2 aromatic carbocycles. The molecular formula is C15H20N2. The summed E-state index contributed by atoms with van der Waals surface area (Å²) < 4.78 is 0. The van der Waals surface area contributed by atoms with Crippen LogP contribution in [0.4, 0.5) is 11.4 Å². The molecule has 0 spiro atoms. The Morgan fingerprint density at radius 3 is 1.71 bits per heavy atom. The molecule has 0 aromatic heterocycles. The van der Waals surface area contributed by atoms with E-state index in [1.165, 1.54) is 5.69 Å². The second-order valence-corrected chi connectivity index (χ2v) is 4.09. The number of rotatable bonds is 1. The van der Waals surface area contributed by atoms with Gasteiger partial charge in [-0.25, -0.2) is 0 Å². The van der Waals surface area contributed by atoms with Crippen molar-refractivity contribution in [3.8, 4) is 0 Å². The zero-order chi connectivity index (χ0) is 12.7. The molecule has 17 heavy (non-hydrogen) atoms. The first-order valence-electron chi connectivity index (χ1n) is 5.64. The van der Waals surface area contributed by atoms with Crippen LogP contribution in [0, 0.1) is 6.92 Å². The minimum atomic E-state index is 0.868. The third-order valence-electron chi connectivity index (χ3n) is 2.46. The van der Waals surface area contributed by atoms with Gasteiger partial charge in [-0.1, -0.05) is 36.4 Å². The van der Waals surface area contributed by atoms with E-state index in [0.29, 0.717) is 0 Å². The highest BCUT2D eigenvalue weighted by molar-refractivity contribution is 5.45. The third kappa shape index (κ3) is 4.60. The Labute approximate surface area is 104 Å². The van der Waals surface area contributed by atoms with Crippen LogP contribution in [0.15, 0.2) is 54.6 Å². The summed E-state index contributed by atoms with van der Waals surface area (Å²) in [6.07, 6.45) is 0. The Morgan fingerprint density at radius 2 is 1.35 bits per heavy atom. The van der Waals surface area contributed by atoms with Crippen molar-refractivity contribution in [2.45, 2.75) is 6.92 Å². The van der Waals surface area contributed by atoms with Gasteiger partial charge in [0.1, 0.15) is 0 Å². The van der Waals surface area contributed by atoms with Crippen molar-refractivity contribution in [1.29, 1.82) is 0 Å². The van der Waals surface area contributed by atoms with E-state index in [4.69, 9.17) is 5.73 Å². The minimum absolute atomic E-state index is 0.868. The van der Waals surface area contributed by atoms with Crippen LogP contribution in [-0.4, -0.2) is 14.1 Å². The largest absolute Gasteiger partial charge is 0.399 e. The summed E-state index contributed by atoms with van der Waals surface area (Å²) in [6, 6.07) is 18.1. The van der Waals surface area contributed by atoms with Crippen molar-refractivity contribution in [1.82, 2.24) is 0 Å². The number of hydrogen-bond acceptors (Lipinski definition) is 2. The van der Waals surface area contributed by atoms with Crippen LogP contribution >= 0.6 is 0 Å². The molecule has 90 valence electrons. The van der Waals surface area contributed by atoms with Crippen LogP contribution in [0.1, 0.15) is 5.56 Å². The highest BCUT2D eigenvalue weighted by Crippen LogP contribution is 2.07. The average molecular weight is 228 g/mol. The highest BCUT2D eigenvalue weighted by atomic mass is 15.1. The molecule has 2 aromatic rings. The molecule has 2 nitrogen and oxygen atoms in total. The summed E-state index contributed by atoms with van der Waals surface area (Å²) in [6.45, 7) is 2.00. The fourth-order valence-corrected chi connectivity index (χ4v) is 1.31. The van der Waals surface area contributed by atoms with E-state index in [2.05, 4.69) is 17.0 Å². The monoisotopic (exact) mass is 228 g/mol. The van der Waals surface area contributed by atoms with Crippen molar-refractivity contribution in [3.05, 3.63) is 60.2 Å². The Bertz CT molecular complexity index is 415. The van der Waals surface area contributed by atoms with Gasteiger partial charge in [-0.3, -0.25) is 0 Å². The molecule has 2 heteroatoms. The molecule has 0 aliphatic rings. The maximum absolute atomic E-state index is 5.52. The van der Waals surface area contributed by atoms with Gasteiger partial charge < -0.3 is 10.6 Å². The number of nitrogens with zero attached hydrogens (tertiary/aromatic N) is 1. The van der Waals surface area contributed by atoms with Gasteiger partial charge in [-0.05, 0) is 30.7 Å². The lowest BCUT2D eigenvalue weighted by molar-refractivity contribution is 1.13. The maximum Gasteiger partial charge on any atom is 0.0360 e. The van der Waals surface area contributed by atoms with Gasteiger partial charge in [0.05, 0.1) is 0 Å². The molecule has 0 radical (unpaired) electrons. The van der Waals surface area contributed by atoms with Crippen molar-refractivity contribution in [2.75, 3.05) is 24.7 Å². The highest BCUT2D eigenvalue weighted by Gasteiger charge is 1.87. The fraction of sp³-hybridized carbons (Fsp3) is 0.200. The van der Waals surface area contributed by atoms with Gasteiger partial charge in [-0.15, -0.1) is 0 Å². The molecule has 2 N–H and O–H groups in total. The molecule has 0 fully saturated rings. The molecule has 0 heterocycles. The molecule has 0 atom stereocenters. The van der Waals surface area contributed by atoms with Crippen molar-refractivity contribution in [2.24, 2.45) is 0 Å². The Kier molecular flexibility index (Phi) is 5.08. The van der Waals surface area contributed by atoms with Crippen LogP contribution in [0.2, 0.25) is 0 Å². The molecular weight excluding hydrogens is 208 g/mol. The number of anilines is 2. The lowest BCUT2D eigenvalue weighted by Crippen LogP contribution is -2.07. The zero-order valence-electron chi connectivity index (χ0n) is 10.7. The fourth-order valence-electron chi connectivity index (χ4n) is 1.31. The number of aryl methyl sites for hydroxylation is 1. The number of para-hydroxylation sites is 2. The zero-order valence-corrected chi connectivity index (χ0v) is 10.7. The van der Waals surface area contributed by atoms with Crippen molar-refractivity contribution >= 4 is 11.4 Å². The van der Waals surface area contributed by atoms with E-state index in [0.717, 1.165) is 11.3 Å². The summed E-state index contributed by atoms with van der Waals surface area (Å²) in [4.78, 5) is 2.08. The van der Waals surface area contributed by atoms with E-state index >= 15 is 0 Å². The standard InChI is InChI=1S/C8H11N.C7H9N/c1-9(2)8-6-4-3-5-7-8;1-6-4-2-3-5-7(6)8/h3-7H,1-2H3;2-5H,8H2,1H3. The van der Waals surface area contributed by atoms with Crippen LogP contribution in [0.25, 0.3) is 0 Å². The third-order valence-corrected chi connectivity index (χ3v) is 2.46. The SMILES string of the molecule is CN(C)c1ccccc1.Cc1ccccc1N. The van der Waals surface area contributed by atoms with E-state index < -0.39 is 0 Å². The summed E-state index contributed by atoms with van der Waals surface area (Å²) in [7, 11) is 4.07. The van der Waals surface area contributed by atoms with E-state index in [1.807, 2.05) is 63.5 Å². The van der Waals surface area contributed by atoms with Gasteiger partial charge in [-0.2, -0.15) is 0 Å². The Balaban J connectivity index is 0.000000171. The molecule has 0 unspecified atom stereocenters. The lowest BCUT2D eigenvalue weighted by atomic mass is 10.2. The maximum atomic E-state index is 5.52. The molecule has 0 aliphatic heterocycles. The van der Waals surface area contributed by atoms with Crippen LogP contribution < -0.4 is 10.6 Å². The van der Waals surface area contributed by atoms with E-state index in [-0.39, 0.29) is 0 Å².